The highest BCUT2D eigenvalue weighted by molar-refractivity contribution is 7.99. The lowest BCUT2D eigenvalue weighted by Gasteiger charge is -2.16. The number of aryl methyl sites for hydroxylation is 1. The topological polar surface area (TPSA) is 94.8 Å². The molecule has 0 spiro atoms. The summed E-state index contributed by atoms with van der Waals surface area (Å²) < 4.78 is 21.0. The van der Waals surface area contributed by atoms with Gasteiger partial charge in [-0.15, -0.1) is 20.4 Å². The van der Waals surface area contributed by atoms with E-state index in [4.69, 9.17) is 4.74 Å². The zero-order valence-electron chi connectivity index (χ0n) is 17.9. The van der Waals surface area contributed by atoms with Gasteiger partial charge in [-0.05, 0) is 49.7 Å². The summed E-state index contributed by atoms with van der Waals surface area (Å²) in [5.74, 6) is 0.658. The Labute approximate surface area is 198 Å². The minimum Gasteiger partial charge on any atom is -0.483 e. The number of nitrogens with one attached hydrogen (secondary N) is 1. The Balaban J connectivity index is 1.52. The lowest BCUT2D eigenvalue weighted by molar-refractivity contribution is -0.113. The molecule has 0 radical (unpaired) electrons. The number of benzene rings is 2. The van der Waals surface area contributed by atoms with Gasteiger partial charge in [-0.1, -0.05) is 48.2 Å². The summed E-state index contributed by atoms with van der Waals surface area (Å²) in [5.41, 5.74) is 0.840. The van der Waals surface area contributed by atoms with Crippen molar-refractivity contribution in [2.75, 3.05) is 11.1 Å². The molecule has 0 aliphatic carbocycles. The summed E-state index contributed by atoms with van der Waals surface area (Å²) in [6.07, 6.45) is 0.295. The molecule has 1 atom stereocenters. The first kappa shape index (κ1) is 22.9. The second-order valence-corrected chi connectivity index (χ2v) is 8.92. The van der Waals surface area contributed by atoms with Crippen LogP contribution in [0.1, 0.15) is 30.8 Å². The molecule has 2 aromatic carbocycles. The first-order valence-corrected chi connectivity index (χ1v) is 12.0. The number of amides is 1. The molecule has 0 aliphatic rings. The predicted octanol–water partition coefficient (Wildman–Crippen LogP) is 4.69. The van der Waals surface area contributed by atoms with E-state index in [1.54, 1.807) is 12.1 Å². The zero-order valence-corrected chi connectivity index (χ0v) is 19.6. The number of aromatic nitrogens is 5. The average molecular weight is 485 g/mol. The number of carbonyl (C=O) groups excluding carboxylic acids is 1. The van der Waals surface area contributed by atoms with Gasteiger partial charge in [-0.25, -0.2) is 4.39 Å². The number of thioether (sulfide) groups is 1. The number of halogens is 1. The summed E-state index contributed by atoms with van der Waals surface area (Å²) in [4.78, 5) is 12.4. The lowest BCUT2D eigenvalue weighted by Crippen LogP contribution is -2.15. The van der Waals surface area contributed by atoms with Gasteiger partial charge in [-0.3, -0.25) is 14.7 Å². The molecule has 2 heterocycles. The molecule has 2 aromatic heterocycles. The van der Waals surface area contributed by atoms with Crippen molar-refractivity contribution in [2.24, 2.45) is 0 Å². The van der Waals surface area contributed by atoms with Gasteiger partial charge >= 0.3 is 0 Å². The first-order chi connectivity index (χ1) is 16.0. The normalized spacial score (nSPS) is 11.8. The minimum atomic E-state index is -0.472. The van der Waals surface area contributed by atoms with Gasteiger partial charge in [0.15, 0.2) is 17.1 Å². The quantitative estimate of drug-likeness (QED) is 0.344. The molecule has 1 N–H and O–H groups in total. The second-order valence-electron chi connectivity index (χ2n) is 6.92. The van der Waals surface area contributed by atoms with Gasteiger partial charge in [0, 0.05) is 5.69 Å². The summed E-state index contributed by atoms with van der Waals surface area (Å²) in [6, 6.07) is 15.4. The Hall–Kier alpha value is -3.31. The highest BCUT2D eigenvalue weighted by atomic mass is 32.2. The number of anilines is 1. The van der Waals surface area contributed by atoms with Crippen molar-refractivity contribution < 1.29 is 13.9 Å². The largest absolute Gasteiger partial charge is 0.483 e. The van der Waals surface area contributed by atoms with Crippen molar-refractivity contribution in [1.82, 2.24) is 25.0 Å². The standard InChI is InChI=1S/C22H21FN6O2S2/c1-3-19-25-27-21(33-19)24-18(30)13-32-22-28-26-20(29(22)16-7-5-4-6-8-16)14(2)31-17-11-9-15(23)10-12-17/h4-12,14H,3,13H2,1-2H3,(H,24,27,30). The Morgan fingerprint density at radius 3 is 2.58 bits per heavy atom. The highest BCUT2D eigenvalue weighted by Gasteiger charge is 2.22. The molecule has 170 valence electrons. The maximum Gasteiger partial charge on any atom is 0.236 e. The van der Waals surface area contributed by atoms with Gasteiger partial charge < -0.3 is 4.74 Å². The Bertz CT molecular complexity index is 1210. The molecular weight excluding hydrogens is 463 g/mol. The number of ether oxygens (including phenoxy) is 1. The van der Waals surface area contributed by atoms with Gasteiger partial charge in [0.25, 0.3) is 0 Å². The smallest absolute Gasteiger partial charge is 0.236 e. The van der Waals surface area contributed by atoms with Gasteiger partial charge in [0.1, 0.15) is 16.6 Å². The molecule has 0 fully saturated rings. The molecule has 8 nitrogen and oxygen atoms in total. The van der Waals surface area contributed by atoms with E-state index in [1.807, 2.05) is 48.7 Å². The molecular formula is C22H21FN6O2S2. The predicted molar refractivity (Wildman–Crippen MR) is 125 cm³/mol. The van der Waals surface area contributed by atoms with Crippen LogP contribution < -0.4 is 10.1 Å². The molecule has 0 saturated carbocycles. The van der Waals surface area contributed by atoms with Crippen molar-refractivity contribution in [3.05, 3.63) is 71.2 Å². The fourth-order valence-electron chi connectivity index (χ4n) is 2.96. The van der Waals surface area contributed by atoms with E-state index in [0.717, 1.165) is 17.1 Å². The average Bonchev–Trinajstić information content (AvgIpc) is 3.46. The molecule has 4 aromatic rings. The maximum absolute atomic E-state index is 13.2. The molecule has 4 rings (SSSR count). The van der Waals surface area contributed by atoms with Crippen molar-refractivity contribution >= 4 is 34.1 Å². The third-order valence-electron chi connectivity index (χ3n) is 4.51. The summed E-state index contributed by atoms with van der Waals surface area (Å²) in [5, 5.41) is 21.3. The third kappa shape index (κ3) is 5.74. The van der Waals surface area contributed by atoms with E-state index >= 15 is 0 Å². The van der Waals surface area contributed by atoms with E-state index < -0.39 is 6.10 Å². The van der Waals surface area contributed by atoms with E-state index in [1.165, 1.54) is 35.2 Å². The lowest BCUT2D eigenvalue weighted by atomic mass is 10.3. The Morgan fingerprint density at radius 2 is 1.88 bits per heavy atom. The van der Waals surface area contributed by atoms with Crippen LogP contribution in [0.2, 0.25) is 0 Å². The van der Waals surface area contributed by atoms with Crippen LogP contribution in [0.5, 0.6) is 5.75 Å². The second kappa shape index (κ2) is 10.5. The van der Waals surface area contributed by atoms with Crippen molar-refractivity contribution in [2.45, 2.75) is 31.5 Å². The zero-order chi connectivity index (χ0) is 23.2. The van der Waals surface area contributed by atoms with Gasteiger partial charge in [0.2, 0.25) is 11.0 Å². The molecule has 33 heavy (non-hydrogen) atoms. The first-order valence-electron chi connectivity index (χ1n) is 10.2. The highest BCUT2D eigenvalue weighted by Crippen LogP contribution is 2.28. The number of rotatable bonds is 9. The van der Waals surface area contributed by atoms with Gasteiger partial charge in [0.05, 0.1) is 5.75 Å². The fraction of sp³-hybridized carbons (Fsp3) is 0.227. The van der Waals surface area contributed by atoms with Gasteiger partial charge in [-0.2, -0.15) is 0 Å². The molecule has 11 heteroatoms. The summed E-state index contributed by atoms with van der Waals surface area (Å²) in [7, 11) is 0. The number of nitrogens with zero attached hydrogens (tertiary/aromatic N) is 5. The summed E-state index contributed by atoms with van der Waals surface area (Å²) in [6.45, 7) is 3.82. The SMILES string of the molecule is CCc1nnc(NC(=O)CSc2nnc(C(C)Oc3ccc(F)cc3)n2-c2ccccc2)s1. The van der Waals surface area contributed by atoms with E-state index in [2.05, 4.69) is 25.7 Å². The Morgan fingerprint density at radius 1 is 1.12 bits per heavy atom. The van der Waals surface area contributed by atoms with Crippen LogP contribution in [0, 0.1) is 5.82 Å². The van der Waals surface area contributed by atoms with Crippen LogP contribution >= 0.6 is 23.1 Å². The van der Waals surface area contributed by atoms with E-state index in [0.29, 0.717) is 21.9 Å². The fourth-order valence-corrected chi connectivity index (χ4v) is 4.41. The maximum atomic E-state index is 13.2. The molecule has 1 unspecified atom stereocenters. The van der Waals surface area contributed by atoms with Crippen LogP contribution in [-0.2, 0) is 11.2 Å². The molecule has 0 aliphatic heterocycles. The van der Waals surface area contributed by atoms with Crippen molar-refractivity contribution in [3.63, 3.8) is 0 Å². The van der Waals surface area contributed by atoms with Crippen molar-refractivity contribution in [1.29, 1.82) is 0 Å². The monoisotopic (exact) mass is 484 g/mol. The van der Waals surface area contributed by atoms with E-state index in [-0.39, 0.29) is 17.5 Å². The summed E-state index contributed by atoms with van der Waals surface area (Å²) >= 11 is 2.61. The van der Waals surface area contributed by atoms with Crippen LogP contribution in [0.25, 0.3) is 5.69 Å². The minimum absolute atomic E-state index is 0.124. The molecule has 0 saturated heterocycles. The third-order valence-corrected chi connectivity index (χ3v) is 6.42. The Kier molecular flexibility index (Phi) is 7.30. The number of carbonyl (C=O) groups is 1. The van der Waals surface area contributed by atoms with E-state index in [9.17, 15) is 9.18 Å². The van der Waals surface area contributed by atoms with Crippen molar-refractivity contribution in [3.8, 4) is 11.4 Å². The van der Waals surface area contributed by atoms with Crippen LogP contribution in [0.15, 0.2) is 59.8 Å². The number of hydrogen-bond acceptors (Lipinski definition) is 8. The number of hydrogen-bond donors (Lipinski definition) is 1. The molecule has 1 amide bonds. The van der Waals surface area contributed by atoms with Crippen LogP contribution in [0.4, 0.5) is 9.52 Å². The van der Waals surface area contributed by atoms with Crippen LogP contribution in [-0.4, -0.2) is 36.6 Å². The molecule has 0 bridgehead atoms. The number of para-hydroxylation sites is 1. The van der Waals surface area contributed by atoms with Crippen LogP contribution in [0.3, 0.4) is 0 Å².